The van der Waals surface area contributed by atoms with Crippen molar-refractivity contribution in [2.24, 2.45) is 0 Å². The van der Waals surface area contributed by atoms with Crippen molar-refractivity contribution >= 4 is 27.6 Å². The molecule has 0 spiro atoms. The first-order valence-electron chi connectivity index (χ1n) is 9.52. The molecule has 0 unspecified atom stereocenters. The van der Waals surface area contributed by atoms with Crippen LogP contribution in [0.5, 0.6) is 5.75 Å². The number of carbonyl (C=O) groups is 2. The number of nitrogens with one attached hydrogen (secondary N) is 1. The summed E-state index contributed by atoms with van der Waals surface area (Å²) in [4.78, 5) is 26.0. The summed E-state index contributed by atoms with van der Waals surface area (Å²) in [5.41, 5.74) is 1.17. The van der Waals surface area contributed by atoms with Gasteiger partial charge < -0.3 is 14.4 Å². The number of hydrogen-bond acceptors (Lipinski definition) is 6. The third-order valence-corrected chi connectivity index (χ3v) is 5.62. The lowest BCUT2D eigenvalue weighted by Gasteiger charge is -2.20. The Kier molecular flexibility index (Phi) is 8.21. The molecule has 31 heavy (non-hydrogen) atoms. The van der Waals surface area contributed by atoms with Crippen LogP contribution in [0.2, 0.25) is 0 Å². The molecule has 0 atom stereocenters. The third-order valence-electron chi connectivity index (χ3n) is 4.24. The largest absolute Gasteiger partial charge is 0.497 e. The zero-order chi connectivity index (χ0) is 23.0. The van der Waals surface area contributed by atoms with Gasteiger partial charge in [-0.25, -0.2) is 13.2 Å². The molecule has 1 amide bonds. The molecule has 0 saturated carbocycles. The number of esters is 1. The summed E-state index contributed by atoms with van der Waals surface area (Å²) in [5, 5.41) is 0. The maximum absolute atomic E-state index is 12.7. The second-order valence-corrected chi connectivity index (χ2v) is 8.49. The number of likely N-dealkylation sites (N-methyl/N-ethyl adjacent to an activating group) is 1. The predicted octanol–water partition coefficient (Wildman–Crippen LogP) is 3.08. The molecule has 0 fully saturated rings. The smallest absolute Gasteiger partial charge is 0.338 e. The van der Waals surface area contributed by atoms with Crippen molar-refractivity contribution in [1.82, 2.24) is 4.90 Å². The van der Waals surface area contributed by atoms with Crippen LogP contribution >= 0.6 is 0 Å². The minimum atomic E-state index is -3.93. The summed E-state index contributed by atoms with van der Waals surface area (Å²) in [6.45, 7) is 7.76. The molecule has 0 aliphatic carbocycles. The Morgan fingerprint density at radius 2 is 1.81 bits per heavy atom. The second-order valence-electron chi connectivity index (χ2n) is 6.80. The van der Waals surface area contributed by atoms with E-state index in [1.807, 2.05) is 6.92 Å². The summed E-state index contributed by atoms with van der Waals surface area (Å²) < 4.78 is 37.9. The molecule has 2 rings (SSSR count). The maximum atomic E-state index is 12.7. The minimum Gasteiger partial charge on any atom is -0.497 e. The van der Waals surface area contributed by atoms with Crippen molar-refractivity contribution in [3.63, 3.8) is 0 Å². The lowest BCUT2D eigenvalue weighted by Crippen LogP contribution is -2.35. The first-order chi connectivity index (χ1) is 14.7. The molecular weight excluding hydrogens is 420 g/mol. The maximum Gasteiger partial charge on any atom is 0.338 e. The highest BCUT2D eigenvalue weighted by atomic mass is 32.2. The van der Waals surface area contributed by atoms with Gasteiger partial charge in [0.15, 0.2) is 6.61 Å². The number of sulfonamides is 1. The number of benzene rings is 2. The molecule has 0 saturated heterocycles. The average Bonchev–Trinajstić information content (AvgIpc) is 2.75. The van der Waals surface area contributed by atoms with Crippen LogP contribution in [0.3, 0.4) is 0 Å². The number of hydrogen-bond donors (Lipinski definition) is 1. The van der Waals surface area contributed by atoms with Crippen molar-refractivity contribution in [2.45, 2.75) is 18.7 Å². The fourth-order valence-corrected chi connectivity index (χ4v) is 3.77. The van der Waals surface area contributed by atoms with Crippen LogP contribution in [0.15, 0.2) is 65.6 Å². The van der Waals surface area contributed by atoms with Crippen LogP contribution < -0.4 is 9.46 Å². The van der Waals surface area contributed by atoms with E-state index < -0.39 is 22.6 Å². The highest BCUT2D eigenvalue weighted by Crippen LogP contribution is 2.20. The van der Waals surface area contributed by atoms with Gasteiger partial charge in [0.05, 0.1) is 17.6 Å². The van der Waals surface area contributed by atoms with Gasteiger partial charge in [0.2, 0.25) is 0 Å². The zero-order valence-corrected chi connectivity index (χ0v) is 18.6. The highest BCUT2D eigenvalue weighted by Gasteiger charge is 2.19. The summed E-state index contributed by atoms with van der Waals surface area (Å²) in [7, 11) is -2.42. The fraction of sp³-hybridized carbons (Fsp3) is 0.273. The van der Waals surface area contributed by atoms with Crippen molar-refractivity contribution in [2.75, 3.05) is 31.5 Å². The van der Waals surface area contributed by atoms with Gasteiger partial charge in [-0.1, -0.05) is 18.2 Å². The molecule has 8 nitrogen and oxygen atoms in total. The number of nitrogens with zero attached hydrogens (tertiary/aromatic N) is 1. The van der Waals surface area contributed by atoms with Gasteiger partial charge in [0.25, 0.3) is 15.9 Å². The first-order valence-corrected chi connectivity index (χ1v) is 11.0. The molecule has 0 aliphatic heterocycles. The monoisotopic (exact) mass is 446 g/mol. The normalized spacial score (nSPS) is 10.8. The summed E-state index contributed by atoms with van der Waals surface area (Å²) in [5.74, 6) is -0.558. The number of ether oxygens (including phenoxy) is 2. The van der Waals surface area contributed by atoms with Gasteiger partial charge in [-0.15, -0.1) is 0 Å². The van der Waals surface area contributed by atoms with E-state index in [0.29, 0.717) is 24.5 Å². The molecule has 2 aromatic rings. The van der Waals surface area contributed by atoms with Crippen molar-refractivity contribution in [3.8, 4) is 5.75 Å². The highest BCUT2D eigenvalue weighted by molar-refractivity contribution is 7.92. The minimum absolute atomic E-state index is 0.0216. The Hall–Kier alpha value is -3.33. The third kappa shape index (κ3) is 6.85. The Labute approximate surface area is 182 Å². The van der Waals surface area contributed by atoms with Gasteiger partial charge in [-0.2, -0.15) is 0 Å². The van der Waals surface area contributed by atoms with E-state index in [4.69, 9.17) is 9.47 Å². The SMILES string of the molecule is C=C(C)CN(CC)C(=O)COC(=O)c1cccc(S(=O)(=O)Nc2ccc(OC)cc2)c1. The lowest BCUT2D eigenvalue weighted by atomic mass is 10.2. The quantitative estimate of drug-likeness (QED) is 0.445. The standard InChI is InChI=1S/C22H26N2O6S/c1-5-24(14-16(2)3)21(25)15-30-22(26)17-7-6-8-20(13-17)31(27,28)23-18-9-11-19(29-4)12-10-18/h6-13,23H,2,5,14-15H2,1,3-4H3. The lowest BCUT2D eigenvalue weighted by molar-refractivity contribution is -0.133. The van der Waals surface area contributed by atoms with Crippen LogP contribution in [0.1, 0.15) is 24.2 Å². The van der Waals surface area contributed by atoms with Gasteiger partial charge in [0.1, 0.15) is 5.75 Å². The van der Waals surface area contributed by atoms with Gasteiger partial charge in [-0.05, 0) is 56.3 Å². The van der Waals surface area contributed by atoms with E-state index >= 15 is 0 Å². The average molecular weight is 447 g/mol. The van der Waals surface area contributed by atoms with Crippen molar-refractivity contribution in [1.29, 1.82) is 0 Å². The summed E-state index contributed by atoms with van der Waals surface area (Å²) >= 11 is 0. The predicted molar refractivity (Wildman–Crippen MR) is 118 cm³/mol. The first kappa shape index (κ1) is 23.9. The van der Waals surface area contributed by atoms with Crippen LogP contribution in [0.4, 0.5) is 5.69 Å². The Morgan fingerprint density at radius 3 is 2.39 bits per heavy atom. The molecule has 0 bridgehead atoms. The van der Waals surface area contributed by atoms with E-state index in [1.54, 1.807) is 31.2 Å². The van der Waals surface area contributed by atoms with E-state index in [-0.39, 0.29) is 16.4 Å². The molecule has 1 N–H and O–H groups in total. The van der Waals surface area contributed by atoms with Gasteiger partial charge in [-0.3, -0.25) is 9.52 Å². The Balaban J connectivity index is 2.08. The second kappa shape index (κ2) is 10.6. The molecule has 9 heteroatoms. The molecular formula is C22H26N2O6S. The molecule has 0 heterocycles. The zero-order valence-electron chi connectivity index (χ0n) is 17.8. The van der Waals surface area contributed by atoms with Crippen LogP contribution in [-0.4, -0.2) is 52.0 Å². The summed E-state index contributed by atoms with van der Waals surface area (Å²) in [6.07, 6.45) is 0. The number of rotatable bonds is 10. The van der Waals surface area contributed by atoms with E-state index in [2.05, 4.69) is 11.3 Å². The van der Waals surface area contributed by atoms with Crippen molar-refractivity contribution in [3.05, 3.63) is 66.2 Å². The van der Waals surface area contributed by atoms with Crippen molar-refractivity contribution < 1.29 is 27.5 Å². The van der Waals surface area contributed by atoms with Crippen LogP contribution in [0, 0.1) is 0 Å². The van der Waals surface area contributed by atoms with Crippen LogP contribution in [0.25, 0.3) is 0 Å². The number of amides is 1. The number of methoxy groups -OCH3 is 1. The molecule has 0 aromatic heterocycles. The summed E-state index contributed by atoms with van der Waals surface area (Å²) in [6, 6.07) is 11.8. The topological polar surface area (TPSA) is 102 Å². The Bertz CT molecular complexity index is 1050. The Morgan fingerprint density at radius 1 is 1.13 bits per heavy atom. The van der Waals surface area contributed by atoms with E-state index in [0.717, 1.165) is 5.57 Å². The molecule has 2 aromatic carbocycles. The number of carbonyl (C=O) groups excluding carboxylic acids is 2. The van der Waals surface area contributed by atoms with Gasteiger partial charge >= 0.3 is 5.97 Å². The van der Waals surface area contributed by atoms with E-state index in [9.17, 15) is 18.0 Å². The molecule has 0 aliphatic rings. The van der Waals surface area contributed by atoms with Crippen LogP contribution in [-0.2, 0) is 19.6 Å². The molecule has 0 radical (unpaired) electrons. The number of anilines is 1. The van der Waals surface area contributed by atoms with Gasteiger partial charge in [0, 0.05) is 18.8 Å². The van der Waals surface area contributed by atoms with E-state index in [1.165, 1.54) is 36.3 Å². The molecule has 166 valence electrons. The fourth-order valence-electron chi connectivity index (χ4n) is 2.67.